The molecular weight excluding hydrogens is 420 g/mol. The highest BCUT2D eigenvalue weighted by Gasteiger charge is 2.53. The zero-order valence-corrected chi connectivity index (χ0v) is 17.7. The molecule has 1 amide bonds. The molecule has 0 saturated carbocycles. The quantitative estimate of drug-likeness (QED) is 0.424. The van der Waals surface area contributed by atoms with Gasteiger partial charge in [0.25, 0.3) is 0 Å². The number of aromatic nitrogens is 3. The molecule has 160 valence electrons. The maximum absolute atomic E-state index is 11.7. The van der Waals surface area contributed by atoms with Crippen molar-refractivity contribution < 1.29 is 19.7 Å². The van der Waals surface area contributed by atoms with Gasteiger partial charge in [0.15, 0.2) is 6.23 Å². The number of halogens is 1. The van der Waals surface area contributed by atoms with Gasteiger partial charge >= 0.3 is 0 Å². The summed E-state index contributed by atoms with van der Waals surface area (Å²) in [6, 6.07) is 9.45. The fourth-order valence-electron chi connectivity index (χ4n) is 3.64. The van der Waals surface area contributed by atoms with E-state index in [2.05, 4.69) is 27.1 Å². The molecule has 9 heteroatoms. The van der Waals surface area contributed by atoms with E-state index in [9.17, 15) is 15.0 Å². The molecule has 0 bridgehead atoms. The molecule has 3 aromatic rings. The zero-order chi connectivity index (χ0) is 22.2. The van der Waals surface area contributed by atoms with Crippen LogP contribution in [0.5, 0.6) is 0 Å². The first-order chi connectivity index (χ1) is 14.8. The third-order valence-electron chi connectivity index (χ3n) is 5.17. The van der Waals surface area contributed by atoms with Gasteiger partial charge in [-0.25, -0.2) is 9.97 Å². The number of hydrogen-bond acceptors (Lipinski definition) is 6. The van der Waals surface area contributed by atoms with Gasteiger partial charge in [0.05, 0.1) is 17.6 Å². The third kappa shape index (κ3) is 3.89. The van der Waals surface area contributed by atoms with Crippen LogP contribution in [0.3, 0.4) is 0 Å². The molecule has 1 aromatic carbocycles. The Morgan fingerprint density at radius 3 is 2.71 bits per heavy atom. The highest BCUT2D eigenvalue weighted by Crippen LogP contribution is 2.45. The molecule has 3 heterocycles. The van der Waals surface area contributed by atoms with Gasteiger partial charge in [-0.15, -0.1) is 11.6 Å². The molecular formula is C22H21ClN4O4. The number of alkyl halides is 1. The molecule has 2 aromatic heterocycles. The maximum atomic E-state index is 11.7. The fraction of sp³-hybridized carbons (Fsp3) is 0.318. The predicted octanol–water partition coefficient (Wildman–Crippen LogP) is 2.04. The van der Waals surface area contributed by atoms with Gasteiger partial charge in [0.1, 0.15) is 34.9 Å². The lowest BCUT2D eigenvalue weighted by molar-refractivity contribution is -0.114. The summed E-state index contributed by atoms with van der Waals surface area (Å²) in [5.41, 5.74) is 1.80. The minimum absolute atomic E-state index is 0.287. The van der Waals surface area contributed by atoms with Crippen molar-refractivity contribution in [3.8, 4) is 11.8 Å². The number of benzene rings is 1. The molecule has 0 aliphatic carbocycles. The first kappa shape index (κ1) is 21.3. The number of carbonyl (C=O) groups excluding carboxylic acids is 1. The van der Waals surface area contributed by atoms with E-state index in [1.807, 2.05) is 30.3 Å². The van der Waals surface area contributed by atoms with Crippen LogP contribution in [-0.4, -0.2) is 54.3 Å². The number of aliphatic hydroxyl groups is 2. The van der Waals surface area contributed by atoms with Crippen molar-refractivity contribution >= 4 is 34.4 Å². The summed E-state index contributed by atoms with van der Waals surface area (Å²) in [7, 11) is 0. The van der Waals surface area contributed by atoms with Crippen LogP contribution in [0.25, 0.3) is 11.0 Å². The Hall–Kier alpha value is -2.96. The largest absolute Gasteiger partial charge is 0.394 e. The monoisotopic (exact) mass is 440 g/mol. The molecule has 8 nitrogen and oxygen atoms in total. The topological polar surface area (TPSA) is 110 Å². The molecule has 1 aliphatic rings. The highest BCUT2D eigenvalue weighted by molar-refractivity contribution is 6.24. The van der Waals surface area contributed by atoms with Crippen molar-refractivity contribution in [2.45, 2.75) is 37.2 Å². The van der Waals surface area contributed by atoms with Crippen LogP contribution < -0.4 is 5.32 Å². The van der Waals surface area contributed by atoms with Gasteiger partial charge in [0.2, 0.25) is 5.91 Å². The van der Waals surface area contributed by atoms with Gasteiger partial charge in [-0.2, -0.15) is 0 Å². The molecule has 4 atom stereocenters. The molecule has 31 heavy (non-hydrogen) atoms. The van der Waals surface area contributed by atoms with Gasteiger partial charge in [-0.1, -0.05) is 30.0 Å². The van der Waals surface area contributed by atoms with Crippen molar-refractivity contribution in [2.24, 2.45) is 0 Å². The van der Waals surface area contributed by atoms with Crippen molar-refractivity contribution in [1.29, 1.82) is 0 Å². The van der Waals surface area contributed by atoms with Crippen LogP contribution in [0.15, 0.2) is 42.9 Å². The number of nitrogens with one attached hydrogen (secondary N) is 1. The van der Waals surface area contributed by atoms with E-state index >= 15 is 0 Å². The summed E-state index contributed by atoms with van der Waals surface area (Å²) >= 11 is 6.64. The van der Waals surface area contributed by atoms with E-state index in [1.54, 1.807) is 17.7 Å². The van der Waals surface area contributed by atoms with Crippen LogP contribution in [0.2, 0.25) is 0 Å². The average molecular weight is 441 g/mol. The van der Waals surface area contributed by atoms with Crippen LogP contribution in [0, 0.1) is 11.8 Å². The summed E-state index contributed by atoms with van der Waals surface area (Å²) in [6.07, 6.45) is 0.242. The Balaban J connectivity index is 1.90. The SMILES string of the molecule is CC(=O)Nc1ncnc2c1c(C#Cc1ccccc1)cn2[C@@H]1OC(CO)C(O)[C@@]1(C)Cl. The van der Waals surface area contributed by atoms with E-state index < -0.39 is 23.3 Å². The summed E-state index contributed by atoms with van der Waals surface area (Å²) in [4.78, 5) is 19.0. The van der Waals surface area contributed by atoms with Gasteiger partial charge < -0.3 is 24.8 Å². The van der Waals surface area contributed by atoms with E-state index in [1.165, 1.54) is 13.3 Å². The number of ether oxygens (including phenoxy) is 1. The maximum Gasteiger partial charge on any atom is 0.222 e. The second kappa shape index (κ2) is 8.29. The first-order valence-corrected chi connectivity index (χ1v) is 10.0. The van der Waals surface area contributed by atoms with Crippen LogP contribution in [0.4, 0.5) is 5.82 Å². The molecule has 1 aliphatic heterocycles. The molecule has 0 radical (unpaired) electrons. The summed E-state index contributed by atoms with van der Waals surface area (Å²) in [6.45, 7) is 2.64. The third-order valence-corrected chi connectivity index (χ3v) is 5.58. The number of nitrogens with zero attached hydrogens (tertiary/aromatic N) is 3. The molecule has 1 saturated heterocycles. The van der Waals surface area contributed by atoms with Crippen LogP contribution >= 0.6 is 11.6 Å². The lowest BCUT2D eigenvalue weighted by Gasteiger charge is -2.26. The van der Waals surface area contributed by atoms with Crippen molar-refractivity contribution in [3.05, 3.63) is 54.0 Å². The second-order valence-electron chi connectivity index (χ2n) is 7.47. The molecule has 2 unspecified atom stereocenters. The van der Waals surface area contributed by atoms with Gasteiger partial charge in [-0.05, 0) is 19.1 Å². The number of anilines is 1. The van der Waals surface area contributed by atoms with E-state index in [-0.39, 0.29) is 12.5 Å². The Kier molecular flexibility index (Phi) is 5.69. The average Bonchev–Trinajstić information content (AvgIpc) is 3.22. The van der Waals surface area contributed by atoms with E-state index in [0.29, 0.717) is 22.4 Å². The number of hydrogen-bond donors (Lipinski definition) is 3. The van der Waals surface area contributed by atoms with Crippen LogP contribution in [-0.2, 0) is 9.53 Å². The Morgan fingerprint density at radius 1 is 1.32 bits per heavy atom. The Labute approximate surface area is 183 Å². The lowest BCUT2D eigenvalue weighted by Crippen LogP contribution is -2.39. The Morgan fingerprint density at radius 2 is 2.06 bits per heavy atom. The zero-order valence-electron chi connectivity index (χ0n) is 16.9. The number of fused-ring (bicyclic) bond motifs is 1. The number of amides is 1. The van der Waals surface area contributed by atoms with E-state index in [0.717, 1.165) is 5.56 Å². The second-order valence-corrected chi connectivity index (χ2v) is 8.29. The molecule has 1 fully saturated rings. The summed E-state index contributed by atoms with van der Waals surface area (Å²) < 4.78 is 7.52. The number of aliphatic hydroxyl groups excluding tert-OH is 2. The van der Waals surface area contributed by atoms with Crippen molar-refractivity contribution in [3.63, 3.8) is 0 Å². The number of carbonyl (C=O) groups is 1. The van der Waals surface area contributed by atoms with Crippen molar-refractivity contribution in [1.82, 2.24) is 14.5 Å². The predicted molar refractivity (Wildman–Crippen MR) is 116 cm³/mol. The summed E-state index contributed by atoms with van der Waals surface area (Å²) in [5, 5.41) is 23.3. The normalized spacial score (nSPS) is 25.3. The molecule has 3 N–H and O–H groups in total. The Bertz CT molecular complexity index is 1180. The molecule has 4 rings (SSSR count). The smallest absolute Gasteiger partial charge is 0.222 e. The van der Waals surface area contributed by atoms with Gasteiger partial charge in [0, 0.05) is 18.7 Å². The number of rotatable bonds is 3. The fourth-order valence-corrected chi connectivity index (χ4v) is 3.94. The van der Waals surface area contributed by atoms with Crippen molar-refractivity contribution in [2.75, 3.05) is 11.9 Å². The van der Waals surface area contributed by atoms with E-state index in [4.69, 9.17) is 16.3 Å². The highest BCUT2D eigenvalue weighted by atomic mass is 35.5. The van der Waals surface area contributed by atoms with Crippen LogP contribution in [0.1, 0.15) is 31.2 Å². The first-order valence-electron chi connectivity index (χ1n) is 9.66. The minimum atomic E-state index is -1.23. The van der Waals surface area contributed by atoms with Gasteiger partial charge in [-0.3, -0.25) is 4.79 Å². The lowest BCUT2D eigenvalue weighted by atomic mass is 10.0. The minimum Gasteiger partial charge on any atom is -0.394 e. The molecule has 0 spiro atoms. The summed E-state index contributed by atoms with van der Waals surface area (Å²) in [5.74, 6) is 6.23. The standard InChI is InChI=1S/C22H21ClN4O4/c1-13(29)26-19-17-15(9-8-14-6-4-3-5-7-14)10-27(20(17)25-12-24-19)21-22(2,23)18(30)16(11-28)31-21/h3-7,10,12,16,18,21,28,30H,11H2,1-2H3,(H,24,25,26,29)/t16?,18?,21-,22-/m1/s1.